The number of benzene rings is 11. The van der Waals surface area contributed by atoms with Gasteiger partial charge in [-0.15, -0.1) is 0 Å². The highest BCUT2D eigenvalue weighted by atomic mass is 16.3. The SMILES string of the molecule is c1cc(-c2ccc3c4ccccc4c4ccccc4c3c2)cc(-c2ccc3oc4c(-c5cccc(-c6ccc7c8ccccc8c8ccccc8c7c6)c5)ncnc4c3c2)c1. The van der Waals surface area contributed by atoms with Crippen LogP contribution in [0.1, 0.15) is 0 Å². The van der Waals surface area contributed by atoms with E-state index in [4.69, 9.17) is 14.4 Å². The van der Waals surface area contributed by atoms with Crippen LogP contribution in [-0.2, 0) is 0 Å². The van der Waals surface area contributed by atoms with Crippen molar-refractivity contribution < 1.29 is 4.42 Å². The van der Waals surface area contributed by atoms with E-state index in [1.807, 2.05) is 0 Å². The first-order chi connectivity index (χ1) is 30.2. The van der Waals surface area contributed by atoms with Crippen molar-refractivity contribution in [3.8, 4) is 44.6 Å². The molecule has 0 bridgehead atoms. The van der Waals surface area contributed by atoms with Gasteiger partial charge in [0.25, 0.3) is 0 Å². The molecule has 0 unspecified atom stereocenters. The molecule has 0 fully saturated rings. The molecule has 3 nitrogen and oxygen atoms in total. The topological polar surface area (TPSA) is 38.9 Å². The number of hydrogen-bond donors (Lipinski definition) is 0. The van der Waals surface area contributed by atoms with Gasteiger partial charge in [-0.05, 0) is 134 Å². The minimum Gasteiger partial charge on any atom is -0.452 e. The summed E-state index contributed by atoms with van der Waals surface area (Å²) in [5, 5.41) is 16.2. The van der Waals surface area contributed by atoms with E-state index in [2.05, 4.69) is 200 Å². The van der Waals surface area contributed by atoms with Crippen molar-refractivity contribution in [2.45, 2.75) is 0 Å². The normalized spacial score (nSPS) is 11.9. The molecule has 282 valence electrons. The summed E-state index contributed by atoms with van der Waals surface area (Å²) in [6.45, 7) is 0. The smallest absolute Gasteiger partial charge is 0.180 e. The van der Waals surface area contributed by atoms with E-state index in [9.17, 15) is 0 Å². The molecule has 13 rings (SSSR count). The van der Waals surface area contributed by atoms with E-state index < -0.39 is 0 Å². The molecule has 0 amide bonds. The average Bonchev–Trinajstić information content (AvgIpc) is 3.72. The Hall–Kier alpha value is -8.14. The number of fused-ring (bicyclic) bond motifs is 15. The van der Waals surface area contributed by atoms with Crippen molar-refractivity contribution >= 4 is 86.7 Å². The third kappa shape index (κ3) is 5.24. The number of nitrogens with zero attached hydrogens (tertiary/aromatic N) is 2. The molecule has 13 aromatic rings. The van der Waals surface area contributed by atoms with Crippen LogP contribution in [0, 0.1) is 0 Å². The highest BCUT2D eigenvalue weighted by molar-refractivity contribution is 6.27. The first-order valence-corrected chi connectivity index (χ1v) is 20.8. The van der Waals surface area contributed by atoms with Crippen molar-refractivity contribution in [3.63, 3.8) is 0 Å². The fourth-order valence-corrected chi connectivity index (χ4v) is 9.86. The summed E-state index contributed by atoms with van der Waals surface area (Å²) in [6, 6.07) is 72.5. The molecule has 0 saturated heterocycles. The summed E-state index contributed by atoms with van der Waals surface area (Å²) in [5.74, 6) is 0. The number of furan rings is 1. The molecular weight excluding hydrogens is 741 g/mol. The Labute approximate surface area is 350 Å². The molecule has 2 heterocycles. The highest BCUT2D eigenvalue weighted by Crippen LogP contribution is 2.41. The monoisotopic (exact) mass is 774 g/mol. The van der Waals surface area contributed by atoms with Gasteiger partial charge in [0.2, 0.25) is 0 Å². The van der Waals surface area contributed by atoms with Crippen LogP contribution >= 0.6 is 0 Å². The van der Waals surface area contributed by atoms with Gasteiger partial charge < -0.3 is 4.42 Å². The van der Waals surface area contributed by atoms with Crippen LogP contribution < -0.4 is 0 Å². The van der Waals surface area contributed by atoms with Crippen LogP contribution in [0.4, 0.5) is 0 Å². The minimum atomic E-state index is 0.687. The predicted molar refractivity (Wildman–Crippen MR) is 256 cm³/mol. The summed E-state index contributed by atoms with van der Waals surface area (Å²) in [4.78, 5) is 9.60. The molecule has 0 saturated carbocycles. The summed E-state index contributed by atoms with van der Waals surface area (Å²) < 4.78 is 6.60. The molecule has 0 spiro atoms. The third-order valence-electron chi connectivity index (χ3n) is 12.7. The average molecular weight is 775 g/mol. The second kappa shape index (κ2) is 13.2. The number of rotatable bonds is 4. The quantitative estimate of drug-likeness (QED) is 0.167. The van der Waals surface area contributed by atoms with E-state index in [1.165, 1.54) is 75.8 Å². The molecule has 0 aliphatic rings. The van der Waals surface area contributed by atoms with E-state index in [0.29, 0.717) is 5.58 Å². The Morgan fingerprint density at radius 2 is 0.623 bits per heavy atom. The van der Waals surface area contributed by atoms with Crippen LogP contribution in [0.15, 0.2) is 211 Å². The first kappa shape index (κ1) is 33.8. The Kier molecular flexibility index (Phi) is 7.31. The summed E-state index contributed by atoms with van der Waals surface area (Å²) in [6.07, 6.45) is 1.66. The van der Waals surface area contributed by atoms with E-state index >= 15 is 0 Å². The van der Waals surface area contributed by atoms with Crippen LogP contribution in [-0.4, -0.2) is 9.97 Å². The maximum absolute atomic E-state index is 6.60. The fraction of sp³-hybridized carbons (Fsp3) is 0. The predicted octanol–water partition coefficient (Wildman–Crippen LogP) is 16.0. The zero-order valence-electron chi connectivity index (χ0n) is 32.9. The van der Waals surface area contributed by atoms with Gasteiger partial charge in [-0.2, -0.15) is 0 Å². The molecule has 0 aliphatic carbocycles. The van der Waals surface area contributed by atoms with Crippen molar-refractivity contribution in [1.29, 1.82) is 0 Å². The Morgan fingerprint density at radius 1 is 0.262 bits per heavy atom. The zero-order chi connectivity index (χ0) is 40.0. The Bertz CT molecular complexity index is 3880. The van der Waals surface area contributed by atoms with Gasteiger partial charge in [-0.1, -0.05) is 164 Å². The molecule has 0 aliphatic heterocycles. The summed E-state index contributed by atoms with van der Waals surface area (Å²) >= 11 is 0. The van der Waals surface area contributed by atoms with Crippen LogP contribution in [0.2, 0.25) is 0 Å². The number of hydrogen-bond acceptors (Lipinski definition) is 3. The van der Waals surface area contributed by atoms with Gasteiger partial charge in [0.1, 0.15) is 23.1 Å². The molecule has 2 aromatic heterocycles. The number of aromatic nitrogens is 2. The molecule has 0 atom stereocenters. The van der Waals surface area contributed by atoms with E-state index in [1.54, 1.807) is 6.33 Å². The van der Waals surface area contributed by atoms with Crippen LogP contribution in [0.25, 0.3) is 131 Å². The molecule has 0 N–H and O–H groups in total. The lowest BCUT2D eigenvalue weighted by Gasteiger charge is -2.12. The standard InChI is InChI=1S/C58H34N2O/c1-3-19-46-42(15-1)44-17-5-7-21-48(44)52-31-38(23-26-50(46)52)35-11-9-12-36(29-35)40-25-28-55-54(33-40)57-58(61-55)56(59-34-60-57)41-14-10-13-37(30-41)39-24-27-51-47-20-4-2-16-43(47)45-18-6-8-22-49(45)53(51)32-39/h1-34H. The highest BCUT2D eigenvalue weighted by Gasteiger charge is 2.18. The van der Waals surface area contributed by atoms with E-state index in [0.717, 1.165) is 50.0 Å². The van der Waals surface area contributed by atoms with Crippen LogP contribution in [0.3, 0.4) is 0 Å². The van der Waals surface area contributed by atoms with Gasteiger partial charge in [-0.3, -0.25) is 0 Å². The largest absolute Gasteiger partial charge is 0.452 e. The molecule has 61 heavy (non-hydrogen) atoms. The third-order valence-corrected chi connectivity index (χ3v) is 12.7. The Morgan fingerprint density at radius 3 is 1.10 bits per heavy atom. The van der Waals surface area contributed by atoms with Gasteiger partial charge >= 0.3 is 0 Å². The summed E-state index contributed by atoms with van der Waals surface area (Å²) in [5.41, 5.74) is 10.9. The lowest BCUT2D eigenvalue weighted by atomic mass is 9.91. The second-order valence-electron chi connectivity index (χ2n) is 16.1. The molecule has 11 aromatic carbocycles. The van der Waals surface area contributed by atoms with Gasteiger partial charge in [-0.25, -0.2) is 9.97 Å². The molecular formula is C58H34N2O. The fourth-order valence-electron chi connectivity index (χ4n) is 9.86. The molecule has 3 heteroatoms. The first-order valence-electron chi connectivity index (χ1n) is 20.8. The van der Waals surface area contributed by atoms with Crippen LogP contribution in [0.5, 0.6) is 0 Å². The van der Waals surface area contributed by atoms with Crippen molar-refractivity contribution in [2.75, 3.05) is 0 Å². The minimum absolute atomic E-state index is 0.687. The van der Waals surface area contributed by atoms with E-state index in [-0.39, 0.29) is 0 Å². The lowest BCUT2D eigenvalue weighted by molar-refractivity contribution is 0.667. The maximum atomic E-state index is 6.60. The maximum Gasteiger partial charge on any atom is 0.180 e. The lowest BCUT2D eigenvalue weighted by Crippen LogP contribution is -1.88. The van der Waals surface area contributed by atoms with Crippen molar-refractivity contribution in [3.05, 3.63) is 207 Å². The summed E-state index contributed by atoms with van der Waals surface area (Å²) in [7, 11) is 0. The van der Waals surface area contributed by atoms with Gasteiger partial charge in [0, 0.05) is 10.9 Å². The van der Waals surface area contributed by atoms with Crippen molar-refractivity contribution in [2.24, 2.45) is 0 Å². The zero-order valence-corrected chi connectivity index (χ0v) is 32.9. The second-order valence-corrected chi connectivity index (χ2v) is 16.1. The molecule has 0 radical (unpaired) electrons. The van der Waals surface area contributed by atoms with Gasteiger partial charge in [0.15, 0.2) is 5.58 Å². The Balaban J connectivity index is 0.884. The van der Waals surface area contributed by atoms with Gasteiger partial charge in [0.05, 0.1) is 0 Å². The van der Waals surface area contributed by atoms with Crippen molar-refractivity contribution in [1.82, 2.24) is 9.97 Å².